The van der Waals surface area contributed by atoms with Gasteiger partial charge in [-0.3, -0.25) is 4.79 Å². The highest BCUT2D eigenvalue weighted by Gasteiger charge is 2.27. The van der Waals surface area contributed by atoms with Crippen molar-refractivity contribution < 1.29 is 13.2 Å². The van der Waals surface area contributed by atoms with E-state index in [1.807, 2.05) is 4.90 Å². The minimum absolute atomic E-state index is 0.132. The molecule has 8 heteroatoms. The summed E-state index contributed by atoms with van der Waals surface area (Å²) in [6.45, 7) is 4.10. The number of nitrogens with zero attached hydrogens (tertiary/aromatic N) is 3. The molecule has 2 aliphatic heterocycles. The highest BCUT2D eigenvalue weighted by atomic mass is 32.2. The maximum absolute atomic E-state index is 12.5. The van der Waals surface area contributed by atoms with E-state index in [9.17, 15) is 13.2 Å². The summed E-state index contributed by atoms with van der Waals surface area (Å²) in [6, 6.07) is 3.60. The summed E-state index contributed by atoms with van der Waals surface area (Å²) in [5.74, 6) is 0.475. The Kier molecular flexibility index (Phi) is 6.01. The first-order valence-electron chi connectivity index (χ1n) is 8.87. The lowest BCUT2D eigenvalue weighted by molar-refractivity contribution is -0.131. The standard InChI is InChI=1S/C17H25N3O3S2/c1-14-6-2-3-11-20(14)17(21)13-24-16-8-7-15(12-18-16)25(22,23)19-9-4-5-10-19/h7-8,12,14H,2-6,9-11,13H2,1H3. The van der Waals surface area contributed by atoms with E-state index in [1.165, 1.54) is 28.7 Å². The van der Waals surface area contributed by atoms with Gasteiger partial charge in [-0.2, -0.15) is 4.31 Å². The fraction of sp³-hybridized carbons (Fsp3) is 0.647. The molecule has 0 bridgehead atoms. The number of sulfonamides is 1. The monoisotopic (exact) mass is 383 g/mol. The molecule has 138 valence electrons. The van der Waals surface area contributed by atoms with Gasteiger partial charge in [0.1, 0.15) is 4.90 Å². The molecule has 3 rings (SSSR count). The molecule has 25 heavy (non-hydrogen) atoms. The maximum Gasteiger partial charge on any atom is 0.244 e. The quantitative estimate of drug-likeness (QED) is 0.730. The van der Waals surface area contributed by atoms with Crippen LogP contribution in [-0.4, -0.2) is 59.9 Å². The van der Waals surface area contributed by atoms with Gasteiger partial charge < -0.3 is 4.90 Å². The molecule has 0 saturated carbocycles. The molecule has 2 fully saturated rings. The van der Waals surface area contributed by atoms with Crippen molar-refractivity contribution >= 4 is 27.7 Å². The van der Waals surface area contributed by atoms with E-state index in [-0.39, 0.29) is 10.8 Å². The van der Waals surface area contributed by atoms with Crippen molar-refractivity contribution in [1.29, 1.82) is 0 Å². The molecule has 2 saturated heterocycles. The summed E-state index contributed by atoms with van der Waals surface area (Å²) in [7, 11) is -3.42. The summed E-state index contributed by atoms with van der Waals surface area (Å²) in [5.41, 5.74) is 0. The van der Waals surface area contributed by atoms with Crippen LogP contribution < -0.4 is 0 Å². The Morgan fingerprint density at radius 3 is 2.56 bits per heavy atom. The topological polar surface area (TPSA) is 70.6 Å². The Hall–Kier alpha value is -1.12. The zero-order valence-corrected chi connectivity index (χ0v) is 16.2. The van der Waals surface area contributed by atoms with Crippen LogP contribution in [0, 0.1) is 0 Å². The molecule has 1 atom stereocenters. The average molecular weight is 384 g/mol. The maximum atomic E-state index is 12.5. The van der Waals surface area contributed by atoms with Crippen LogP contribution in [0.4, 0.5) is 0 Å². The zero-order valence-electron chi connectivity index (χ0n) is 14.6. The van der Waals surface area contributed by atoms with Crippen molar-refractivity contribution in [2.24, 2.45) is 0 Å². The predicted octanol–water partition coefficient (Wildman–Crippen LogP) is 2.36. The van der Waals surface area contributed by atoms with Crippen LogP contribution in [0.2, 0.25) is 0 Å². The second-order valence-electron chi connectivity index (χ2n) is 6.66. The van der Waals surface area contributed by atoms with Gasteiger partial charge in [0.05, 0.1) is 10.8 Å². The molecule has 2 aliphatic rings. The lowest BCUT2D eigenvalue weighted by Gasteiger charge is -2.33. The molecule has 6 nitrogen and oxygen atoms in total. The fourth-order valence-electron chi connectivity index (χ4n) is 3.37. The Bertz CT molecular complexity index is 700. The molecule has 0 N–H and O–H groups in total. The van der Waals surface area contributed by atoms with Crippen LogP contribution >= 0.6 is 11.8 Å². The van der Waals surface area contributed by atoms with E-state index in [4.69, 9.17) is 0 Å². The number of pyridine rings is 1. The molecule has 1 aromatic rings. The van der Waals surface area contributed by atoms with Gasteiger partial charge in [-0.1, -0.05) is 11.8 Å². The fourth-order valence-corrected chi connectivity index (χ4v) is 5.56. The molecular weight excluding hydrogens is 358 g/mol. The van der Waals surface area contributed by atoms with E-state index in [2.05, 4.69) is 11.9 Å². The van der Waals surface area contributed by atoms with Crippen molar-refractivity contribution in [3.8, 4) is 0 Å². The molecular formula is C17H25N3O3S2. The third-order valence-corrected chi connectivity index (χ3v) is 7.69. The number of amides is 1. The largest absolute Gasteiger partial charge is 0.339 e. The van der Waals surface area contributed by atoms with E-state index in [0.717, 1.165) is 32.2 Å². The number of carbonyl (C=O) groups is 1. The van der Waals surface area contributed by atoms with Crippen molar-refractivity contribution in [3.63, 3.8) is 0 Å². The number of hydrogen-bond donors (Lipinski definition) is 0. The van der Waals surface area contributed by atoms with Crippen molar-refractivity contribution in [1.82, 2.24) is 14.2 Å². The predicted molar refractivity (Wildman–Crippen MR) is 98.0 cm³/mol. The Morgan fingerprint density at radius 1 is 1.20 bits per heavy atom. The normalized spacial score (nSPS) is 22.3. The van der Waals surface area contributed by atoms with Gasteiger partial charge in [0.15, 0.2) is 0 Å². The first-order valence-corrected chi connectivity index (χ1v) is 11.3. The second-order valence-corrected chi connectivity index (χ2v) is 9.60. The van der Waals surface area contributed by atoms with Crippen LogP contribution in [0.15, 0.2) is 28.3 Å². The summed E-state index contributed by atoms with van der Waals surface area (Å²) in [5, 5.41) is 0.679. The van der Waals surface area contributed by atoms with Gasteiger partial charge in [0.25, 0.3) is 0 Å². The van der Waals surface area contributed by atoms with Crippen molar-refractivity contribution in [2.75, 3.05) is 25.4 Å². The Balaban J connectivity index is 1.58. The van der Waals surface area contributed by atoms with E-state index >= 15 is 0 Å². The van der Waals surface area contributed by atoms with E-state index in [0.29, 0.717) is 29.9 Å². The minimum atomic E-state index is -3.42. The van der Waals surface area contributed by atoms with E-state index in [1.54, 1.807) is 12.1 Å². The van der Waals surface area contributed by atoms with Gasteiger partial charge in [-0.05, 0) is 51.2 Å². The SMILES string of the molecule is CC1CCCCN1C(=O)CSc1ccc(S(=O)(=O)N2CCCC2)cn1. The van der Waals surface area contributed by atoms with E-state index < -0.39 is 10.0 Å². The molecule has 1 amide bonds. The lowest BCUT2D eigenvalue weighted by atomic mass is 10.0. The highest BCUT2D eigenvalue weighted by molar-refractivity contribution is 7.99. The number of piperidine rings is 1. The molecule has 0 aliphatic carbocycles. The average Bonchev–Trinajstić information content (AvgIpc) is 3.16. The molecule has 0 radical (unpaired) electrons. The van der Waals surface area contributed by atoms with Crippen molar-refractivity contribution in [2.45, 2.75) is 55.0 Å². The molecule has 0 spiro atoms. The Morgan fingerprint density at radius 2 is 1.92 bits per heavy atom. The minimum Gasteiger partial charge on any atom is -0.339 e. The van der Waals surface area contributed by atoms with Crippen LogP contribution in [0.25, 0.3) is 0 Å². The third kappa shape index (κ3) is 4.35. The first-order chi connectivity index (χ1) is 12.0. The number of thioether (sulfide) groups is 1. The van der Waals surface area contributed by atoms with Crippen LogP contribution in [0.5, 0.6) is 0 Å². The van der Waals surface area contributed by atoms with Gasteiger partial charge in [0, 0.05) is 31.9 Å². The molecule has 1 unspecified atom stereocenters. The zero-order chi connectivity index (χ0) is 17.9. The molecule has 0 aromatic carbocycles. The smallest absolute Gasteiger partial charge is 0.244 e. The van der Waals surface area contributed by atoms with Gasteiger partial charge in [-0.25, -0.2) is 13.4 Å². The summed E-state index contributed by atoms with van der Waals surface area (Å²) in [6.07, 6.45) is 6.56. The number of aromatic nitrogens is 1. The molecule has 3 heterocycles. The molecule has 1 aromatic heterocycles. The van der Waals surface area contributed by atoms with Gasteiger partial charge in [0.2, 0.25) is 15.9 Å². The number of carbonyl (C=O) groups excluding carboxylic acids is 1. The van der Waals surface area contributed by atoms with Gasteiger partial charge in [-0.15, -0.1) is 0 Å². The number of likely N-dealkylation sites (tertiary alicyclic amines) is 1. The summed E-state index contributed by atoms with van der Waals surface area (Å²) < 4.78 is 26.5. The third-order valence-electron chi connectivity index (χ3n) is 4.88. The highest BCUT2D eigenvalue weighted by Crippen LogP contribution is 2.24. The second kappa shape index (κ2) is 8.05. The van der Waals surface area contributed by atoms with Crippen LogP contribution in [0.3, 0.4) is 0 Å². The number of hydrogen-bond acceptors (Lipinski definition) is 5. The first kappa shape index (κ1) is 18.7. The van der Waals surface area contributed by atoms with Crippen molar-refractivity contribution in [3.05, 3.63) is 18.3 Å². The summed E-state index contributed by atoms with van der Waals surface area (Å²) >= 11 is 1.37. The number of rotatable bonds is 5. The lowest BCUT2D eigenvalue weighted by Crippen LogP contribution is -2.42. The van der Waals surface area contributed by atoms with Gasteiger partial charge >= 0.3 is 0 Å². The Labute approximate surface area is 154 Å². The summed E-state index contributed by atoms with van der Waals surface area (Å²) in [4.78, 5) is 18.8. The van der Waals surface area contributed by atoms with Crippen LogP contribution in [-0.2, 0) is 14.8 Å². The van der Waals surface area contributed by atoms with Crippen LogP contribution in [0.1, 0.15) is 39.0 Å².